The Labute approximate surface area is 149 Å². The quantitative estimate of drug-likeness (QED) is 0.579. The number of benzene rings is 2. The van der Waals surface area contributed by atoms with Crippen molar-refractivity contribution in [3.63, 3.8) is 0 Å². The van der Waals surface area contributed by atoms with Crippen molar-refractivity contribution >= 4 is 28.1 Å². The number of rotatable bonds is 7. The first-order valence-corrected chi connectivity index (χ1v) is 8.31. The van der Waals surface area contributed by atoms with Crippen molar-refractivity contribution in [3.8, 4) is 11.5 Å². The molecular weight excluding hydrogens is 372 g/mol. The molecule has 1 amide bonds. The second kappa shape index (κ2) is 9.08. The van der Waals surface area contributed by atoms with E-state index in [1.54, 1.807) is 6.21 Å². The first-order chi connectivity index (χ1) is 11.6. The van der Waals surface area contributed by atoms with Crippen LogP contribution in [0.5, 0.6) is 11.5 Å². The van der Waals surface area contributed by atoms with Crippen molar-refractivity contribution in [2.75, 3.05) is 13.2 Å². The molecule has 0 saturated heterocycles. The third kappa shape index (κ3) is 5.70. The largest absolute Gasteiger partial charge is 0.494 e. The highest BCUT2D eigenvalue weighted by molar-refractivity contribution is 9.10. The highest BCUT2D eigenvalue weighted by Gasteiger charge is 2.04. The Morgan fingerprint density at radius 1 is 1.21 bits per heavy atom. The lowest BCUT2D eigenvalue weighted by Crippen LogP contribution is -2.24. The third-order valence-electron chi connectivity index (χ3n) is 3.09. The SMILES string of the molecule is CCOc1ccc(C=NNC(=O)COc2ccc(Br)cc2C)cc1. The molecule has 0 fully saturated rings. The zero-order chi connectivity index (χ0) is 17.4. The topological polar surface area (TPSA) is 59.9 Å². The Kier molecular flexibility index (Phi) is 6.81. The fourth-order valence-electron chi connectivity index (χ4n) is 1.95. The van der Waals surface area contributed by atoms with E-state index in [9.17, 15) is 4.79 Å². The molecule has 24 heavy (non-hydrogen) atoms. The standard InChI is InChI=1S/C18H19BrN2O3/c1-3-23-16-7-4-14(5-8-16)11-20-21-18(22)12-24-17-9-6-15(19)10-13(17)2/h4-11H,3,12H2,1-2H3,(H,21,22). The molecule has 2 aromatic rings. The van der Waals surface area contributed by atoms with E-state index >= 15 is 0 Å². The molecule has 0 radical (unpaired) electrons. The normalized spacial score (nSPS) is 10.6. The van der Waals surface area contributed by atoms with Crippen molar-refractivity contribution in [1.29, 1.82) is 0 Å². The summed E-state index contributed by atoms with van der Waals surface area (Å²) in [6, 6.07) is 13.0. The molecule has 0 aliphatic carbocycles. The molecule has 5 nitrogen and oxygen atoms in total. The minimum atomic E-state index is -0.320. The molecule has 0 saturated carbocycles. The summed E-state index contributed by atoms with van der Waals surface area (Å²) in [5, 5.41) is 3.91. The number of aryl methyl sites for hydroxylation is 1. The summed E-state index contributed by atoms with van der Waals surface area (Å²) in [5.41, 5.74) is 4.26. The molecule has 0 aromatic heterocycles. The lowest BCUT2D eigenvalue weighted by atomic mass is 10.2. The van der Waals surface area contributed by atoms with Crippen LogP contribution in [0, 0.1) is 6.92 Å². The van der Waals surface area contributed by atoms with Crippen molar-refractivity contribution in [2.45, 2.75) is 13.8 Å². The van der Waals surface area contributed by atoms with Gasteiger partial charge in [0.15, 0.2) is 6.61 Å². The molecule has 0 bridgehead atoms. The molecule has 0 atom stereocenters. The molecule has 0 aliphatic rings. The first kappa shape index (κ1) is 18.0. The van der Waals surface area contributed by atoms with Gasteiger partial charge >= 0.3 is 0 Å². The number of hydrazone groups is 1. The van der Waals surface area contributed by atoms with Crippen LogP contribution in [0.2, 0.25) is 0 Å². The highest BCUT2D eigenvalue weighted by atomic mass is 79.9. The van der Waals surface area contributed by atoms with Gasteiger partial charge in [0.2, 0.25) is 0 Å². The summed E-state index contributed by atoms with van der Waals surface area (Å²) in [5.74, 6) is 1.15. The maximum atomic E-state index is 11.7. The summed E-state index contributed by atoms with van der Waals surface area (Å²) >= 11 is 3.38. The molecule has 0 unspecified atom stereocenters. The molecular formula is C18H19BrN2O3. The molecule has 0 heterocycles. The van der Waals surface area contributed by atoms with E-state index in [0.29, 0.717) is 12.4 Å². The van der Waals surface area contributed by atoms with E-state index in [4.69, 9.17) is 9.47 Å². The number of nitrogens with one attached hydrogen (secondary N) is 1. The fraction of sp³-hybridized carbons (Fsp3) is 0.222. The summed E-state index contributed by atoms with van der Waals surface area (Å²) in [6.07, 6.45) is 1.57. The van der Waals surface area contributed by atoms with Crippen LogP contribution in [0.4, 0.5) is 0 Å². The number of carbonyl (C=O) groups excluding carboxylic acids is 1. The van der Waals surface area contributed by atoms with Gasteiger partial charge in [-0.25, -0.2) is 5.43 Å². The van der Waals surface area contributed by atoms with Gasteiger partial charge in [-0.3, -0.25) is 4.79 Å². The number of nitrogens with zero attached hydrogens (tertiary/aromatic N) is 1. The van der Waals surface area contributed by atoms with Gasteiger partial charge in [-0.15, -0.1) is 0 Å². The number of hydrogen-bond acceptors (Lipinski definition) is 4. The molecule has 1 N–H and O–H groups in total. The van der Waals surface area contributed by atoms with Gasteiger partial charge in [-0.05, 0) is 67.4 Å². The average Bonchev–Trinajstić information content (AvgIpc) is 2.56. The molecule has 126 valence electrons. The Bertz CT molecular complexity index is 715. The Hall–Kier alpha value is -2.34. The van der Waals surface area contributed by atoms with Crippen LogP contribution in [0.1, 0.15) is 18.1 Å². The van der Waals surface area contributed by atoms with Crippen LogP contribution in [-0.4, -0.2) is 25.3 Å². The highest BCUT2D eigenvalue weighted by Crippen LogP contribution is 2.21. The van der Waals surface area contributed by atoms with E-state index in [0.717, 1.165) is 21.3 Å². The Morgan fingerprint density at radius 3 is 2.62 bits per heavy atom. The minimum Gasteiger partial charge on any atom is -0.494 e. The van der Waals surface area contributed by atoms with Crippen molar-refractivity contribution in [1.82, 2.24) is 5.43 Å². The van der Waals surface area contributed by atoms with Crippen LogP contribution >= 0.6 is 15.9 Å². The van der Waals surface area contributed by atoms with Gasteiger partial charge in [0.25, 0.3) is 5.91 Å². The van der Waals surface area contributed by atoms with Crippen LogP contribution < -0.4 is 14.9 Å². The molecule has 6 heteroatoms. The summed E-state index contributed by atoms with van der Waals surface area (Å²) < 4.78 is 11.8. The van der Waals surface area contributed by atoms with E-state index in [1.165, 1.54) is 0 Å². The summed E-state index contributed by atoms with van der Waals surface area (Å²) in [7, 11) is 0. The van der Waals surface area contributed by atoms with Crippen LogP contribution in [0.15, 0.2) is 52.0 Å². The average molecular weight is 391 g/mol. The molecule has 2 aromatic carbocycles. The van der Waals surface area contributed by atoms with Gasteiger partial charge in [-0.1, -0.05) is 15.9 Å². The minimum absolute atomic E-state index is 0.0942. The summed E-state index contributed by atoms with van der Waals surface area (Å²) in [6.45, 7) is 4.38. The number of hydrogen-bond donors (Lipinski definition) is 1. The lowest BCUT2D eigenvalue weighted by Gasteiger charge is -2.08. The number of carbonyl (C=O) groups is 1. The smallest absolute Gasteiger partial charge is 0.277 e. The van der Waals surface area contributed by atoms with Crippen molar-refractivity contribution in [2.24, 2.45) is 5.10 Å². The lowest BCUT2D eigenvalue weighted by molar-refractivity contribution is -0.123. The number of ether oxygens (including phenoxy) is 2. The predicted molar refractivity (Wildman–Crippen MR) is 97.7 cm³/mol. The number of halogens is 1. The first-order valence-electron chi connectivity index (χ1n) is 7.52. The second-order valence-corrected chi connectivity index (χ2v) is 5.91. The third-order valence-corrected chi connectivity index (χ3v) is 3.58. The van der Waals surface area contributed by atoms with Gasteiger partial charge in [0.05, 0.1) is 12.8 Å². The van der Waals surface area contributed by atoms with Gasteiger partial charge in [0.1, 0.15) is 11.5 Å². The molecule has 2 rings (SSSR count). The maximum Gasteiger partial charge on any atom is 0.277 e. The van der Waals surface area contributed by atoms with Gasteiger partial charge in [0, 0.05) is 4.47 Å². The Balaban J connectivity index is 1.80. The zero-order valence-corrected chi connectivity index (χ0v) is 15.2. The zero-order valence-electron chi connectivity index (χ0n) is 13.6. The van der Waals surface area contributed by atoms with Crippen LogP contribution in [0.25, 0.3) is 0 Å². The van der Waals surface area contributed by atoms with E-state index in [1.807, 2.05) is 56.3 Å². The number of amides is 1. The van der Waals surface area contributed by atoms with Crippen LogP contribution in [-0.2, 0) is 4.79 Å². The van der Waals surface area contributed by atoms with Crippen LogP contribution in [0.3, 0.4) is 0 Å². The van der Waals surface area contributed by atoms with Crippen molar-refractivity contribution < 1.29 is 14.3 Å². The van der Waals surface area contributed by atoms with E-state index in [-0.39, 0.29) is 12.5 Å². The maximum absolute atomic E-state index is 11.7. The fourth-order valence-corrected chi connectivity index (χ4v) is 2.42. The van der Waals surface area contributed by atoms with E-state index < -0.39 is 0 Å². The molecule has 0 aliphatic heterocycles. The van der Waals surface area contributed by atoms with Gasteiger partial charge < -0.3 is 9.47 Å². The molecule has 0 spiro atoms. The second-order valence-electron chi connectivity index (χ2n) is 4.99. The summed E-state index contributed by atoms with van der Waals surface area (Å²) in [4.78, 5) is 11.7. The Morgan fingerprint density at radius 2 is 1.96 bits per heavy atom. The monoisotopic (exact) mass is 390 g/mol. The van der Waals surface area contributed by atoms with E-state index in [2.05, 4.69) is 26.5 Å². The van der Waals surface area contributed by atoms with Crippen molar-refractivity contribution in [3.05, 3.63) is 58.1 Å². The van der Waals surface area contributed by atoms with Gasteiger partial charge in [-0.2, -0.15) is 5.10 Å². The predicted octanol–water partition coefficient (Wildman–Crippen LogP) is 3.69.